The first-order valence-electron chi connectivity index (χ1n) is 28.3. The molecule has 0 heterocycles. The molecule has 0 amide bonds. The number of fused-ring (bicyclic) bond motifs is 10. The van der Waals surface area contributed by atoms with Crippen LogP contribution in [0.3, 0.4) is 0 Å². The minimum Gasteiger partial charge on any atom is -0.507 e. The predicted octanol–water partition coefficient (Wildman–Crippen LogP) is 16.2. The fourth-order valence-electron chi connectivity index (χ4n) is 10.6. The van der Waals surface area contributed by atoms with Crippen molar-refractivity contribution in [3.8, 4) is 40.6 Å². The summed E-state index contributed by atoms with van der Waals surface area (Å²) in [6.07, 6.45) is 4.97. The van der Waals surface area contributed by atoms with Gasteiger partial charge in [-0.3, -0.25) is 9.98 Å². The number of hydrogen-bond acceptors (Lipinski definition) is 9. The molecule has 1 aliphatic rings. The third-order valence-corrected chi connectivity index (χ3v) is 15.3. The summed E-state index contributed by atoms with van der Waals surface area (Å²) in [5, 5.41) is 58.6. The van der Waals surface area contributed by atoms with Crippen molar-refractivity contribution < 1.29 is 29.9 Å². The van der Waals surface area contributed by atoms with Crippen LogP contribution in [-0.2, 0) is 47.3 Å². The summed E-state index contributed by atoms with van der Waals surface area (Å²) in [5.74, 6) is 2.21. The Kier molecular flexibility index (Phi) is 17.4. The smallest absolute Gasteiger partial charge is 0.126 e. The van der Waals surface area contributed by atoms with Gasteiger partial charge in [0.15, 0.2) is 0 Å². The molecule has 0 radical (unpaired) electrons. The summed E-state index contributed by atoms with van der Waals surface area (Å²) in [7, 11) is 0. The fourth-order valence-corrected chi connectivity index (χ4v) is 10.6. The third kappa shape index (κ3) is 13.7. The molecular weight excluding hydrogens is 1000 g/mol. The Labute approximate surface area is 480 Å². The van der Waals surface area contributed by atoms with Gasteiger partial charge in [0.25, 0.3) is 0 Å². The van der Waals surface area contributed by atoms with Gasteiger partial charge in [0.1, 0.15) is 47.7 Å². The first kappa shape index (κ1) is 59.0. The Balaban J connectivity index is 0.00000281. The molecule has 8 aromatic carbocycles. The van der Waals surface area contributed by atoms with Crippen LogP contribution in [0, 0.1) is 11.3 Å². The van der Waals surface area contributed by atoms with E-state index in [1.165, 1.54) is 6.92 Å². The van der Waals surface area contributed by atoms with Crippen molar-refractivity contribution in [2.24, 2.45) is 9.98 Å². The zero-order valence-corrected chi connectivity index (χ0v) is 49.8. The Bertz CT molecular complexity index is 3390. The molecular formula is C72H81N3O6. The summed E-state index contributed by atoms with van der Waals surface area (Å²) in [6, 6.07) is 42.4. The molecule has 420 valence electrons. The van der Waals surface area contributed by atoms with Crippen molar-refractivity contribution in [2.45, 2.75) is 137 Å². The number of nitrogens with zero attached hydrogens (tertiary/aromatic N) is 3. The number of benzene rings is 8. The Morgan fingerprint density at radius 2 is 0.704 bits per heavy atom. The molecule has 4 N–H and O–H groups in total. The highest BCUT2D eigenvalue weighted by molar-refractivity contribution is 6.03. The Hall–Kier alpha value is -8.09. The summed E-state index contributed by atoms with van der Waals surface area (Å²) < 4.78 is 14.0. The topological polar surface area (TPSA) is 148 Å². The minimum absolute atomic E-state index is 0.167. The maximum absolute atomic E-state index is 12.8. The lowest BCUT2D eigenvalue weighted by atomic mass is 9.79. The van der Waals surface area contributed by atoms with E-state index in [0.29, 0.717) is 61.4 Å². The second-order valence-corrected chi connectivity index (χ2v) is 25.7. The number of nitriles is 1. The number of phenols is 4. The van der Waals surface area contributed by atoms with Crippen molar-refractivity contribution in [3.63, 3.8) is 0 Å². The van der Waals surface area contributed by atoms with Gasteiger partial charge in [-0.05, 0) is 122 Å². The molecule has 0 atom stereocenters. The van der Waals surface area contributed by atoms with Crippen LogP contribution in [0.1, 0.15) is 168 Å². The minimum atomic E-state index is -0.258. The van der Waals surface area contributed by atoms with Crippen LogP contribution in [0.25, 0.3) is 21.5 Å². The van der Waals surface area contributed by atoms with Gasteiger partial charge < -0.3 is 29.9 Å². The molecule has 9 heteroatoms. The van der Waals surface area contributed by atoms with E-state index in [-0.39, 0.29) is 57.9 Å². The highest BCUT2D eigenvalue weighted by Crippen LogP contribution is 2.44. The zero-order chi connectivity index (χ0) is 58.6. The van der Waals surface area contributed by atoms with Crippen LogP contribution in [0.2, 0.25) is 0 Å². The van der Waals surface area contributed by atoms with E-state index in [9.17, 15) is 20.4 Å². The van der Waals surface area contributed by atoms with Crippen molar-refractivity contribution in [1.82, 2.24) is 0 Å². The summed E-state index contributed by atoms with van der Waals surface area (Å²) in [6.45, 7) is 29.1. The lowest BCUT2D eigenvalue weighted by molar-refractivity contribution is 0.322. The number of aromatic hydroxyl groups is 4. The molecule has 0 saturated heterocycles. The van der Waals surface area contributed by atoms with Crippen molar-refractivity contribution in [2.75, 3.05) is 26.3 Å². The molecule has 0 spiro atoms. The SMILES string of the molecule is CC#N.CC(C)(C)c1cc2c(O)c(c1)Cc1cc(C(C)(C)C)cc(c1OCCN=Cc1c(O)ccc3ccccc13)Cc1cc(C(C)(C)C)cc(c1O)Cc1cc(C(C)(C)C)cc(c1OCCN=Cc1c(O)ccc3ccccc13)C2. The lowest BCUT2D eigenvalue weighted by Gasteiger charge is -2.28. The third-order valence-electron chi connectivity index (χ3n) is 15.3. The summed E-state index contributed by atoms with van der Waals surface area (Å²) >= 11 is 0. The van der Waals surface area contributed by atoms with Crippen molar-refractivity contribution in [1.29, 1.82) is 5.26 Å². The van der Waals surface area contributed by atoms with Gasteiger partial charge in [0.05, 0.1) is 19.2 Å². The summed E-state index contributed by atoms with van der Waals surface area (Å²) in [5.41, 5.74) is 11.6. The quantitative estimate of drug-likeness (QED) is 0.0787. The highest BCUT2D eigenvalue weighted by atomic mass is 16.5. The molecule has 9 rings (SSSR count). The van der Waals surface area contributed by atoms with Crippen molar-refractivity contribution >= 4 is 34.0 Å². The number of rotatable bonds is 10. The molecule has 9 nitrogen and oxygen atoms in total. The Morgan fingerprint density at radius 1 is 0.432 bits per heavy atom. The first-order chi connectivity index (χ1) is 38.2. The standard InChI is InChI=1S/C70H78N2O6.C2H3N/c1-67(2,3)53-33-45-29-49-37-55(69(7,8)9)39-51(65(49)77-27-25-71-41-59-57-19-15-13-17-43(57)21-23-61(59)73)31-47-35-54(68(4,5)6)36-48(64(47)76)32-52-40-56(70(10,11)12)38-50(30-46(34-53)63(45)75)66(52)78-28-26-72-42-60-58-20-16-14-18-44(58)22-24-62(60)74;1-2-3/h13-24,33-42,73-76H,25-32H2,1-12H3;1H3. The van der Waals surface area contributed by atoms with E-state index in [2.05, 4.69) is 132 Å². The maximum Gasteiger partial charge on any atom is 0.126 e. The van der Waals surface area contributed by atoms with E-state index < -0.39 is 0 Å². The van der Waals surface area contributed by atoms with Crippen molar-refractivity contribution in [3.05, 3.63) is 199 Å². The number of phenolic OH excluding ortho intramolecular Hbond substituents is 4. The molecule has 81 heavy (non-hydrogen) atoms. The second kappa shape index (κ2) is 23.9. The highest BCUT2D eigenvalue weighted by Gasteiger charge is 2.29. The van der Waals surface area contributed by atoms with E-state index in [1.54, 1.807) is 30.6 Å². The molecule has 0 aliphatic heterocycles. The van der Waals surface area contributed by atoms with Crippen LogP contribution in [0.4, 0.5) is 0 Å². The number of ether oxygens (including phenoxy) is 2. The monoisotopic (exact) mass is 1080 g/mol. The van der Waals surface area contributed by atoms with Gasteiger partial charge in [0, 0.05) is 56.2 Å². The fraction of sp³-hybridized carbons (Fsp3) is 0.347. The van der Waals surface area contributed by atoms with Gasteiger partial charge in [-0.2, -0.15) is 5.26 Å². The van der Waals surface area contributed by atoms with Crippen LogP contribution < -0.4 is 9.47 Å². The average molecular weight is 1080 g/mol. The molecule has 0 saturated carbocycles. The van der Waals surface area contributed by atoms with E-state index in [1.807, 2.05) is 60.7 Å². The van der Waals surface area contributed by atoms with E-state index >= 15 is 0 Å². The second-order valence-electron chi connectivity index (χ2n) is 25.7. The molecule has 8 aromatic rings. The van der Waals surface area contributed by atoms with Gasteiger partial charge in [-0.25, -0.2) is 0 Å². The molecule has 0 fully saturated rings. The molecule has 0 aromatic heterocycles. The summed E-state index contributed by atoms with van der Waals surface area (Å²) in [4.78, 5) is 9.59. The number of aliphatic imine (C=N–C) groups is 2. The van der Waals surface area contributed by atoms with Crippen LogP contribution in [0.15, 0.2) is 131 Å². The maximum atomic E-state index is 12.8. The normalized spacial score (nSPS) is 13.1. The van der Waals surface area contributed by atoms with E-state index in [4.69, 9.17) is 24.7 Å². The zero-order valence-electron chi connectivity index (χ0n) is 49.8. The van der Waals surface area contributed by atoms with Gasteiger partial charge in [-0.1, -0.05) is 192 Å². The molecule has 8 bridgehead atoms. The average Bonchev–Trinajstić information content (AvgIpc) is 3.50. The van der Waals surface area contributed by atoms with E-state index in [0.717, 1.165) is 88.3 Å². The number of hydrogen-bond donors (Lipinski definition) is 4. The van der Waals surface area contributed by atoms with Crippen LogP contribution >= 0.6 is 0 Å². The molecule has 0 unspecified atom stereocenters. The van der Waals surface area contributed by atoms with Gasteiger partial charge in [0.2, 0.25) is 0 Å². The first-order valence-corrected chi connectivity index (χ1v) is 28.3. The predicted molar refractivity (Wildman–Crippen MR) is 334 cm³/mol. The van der Waals surface area contributed by atoms with Crippen LogP contribution in [-0.4, -0.2) is 59.2 Å². The lowest BCUT2D eigenvalue weighted by Crippen LogP contribution is -2.17. The van der Waals surface area contributed by atoms with Gasteiger partial charge >= 0.3 is 0 Å². The molecule has 1 aliphatic carbocycles. The Morgan fingerprint density at radius 3 is 0.988 bits per heavy atom. The van der Waals surface area contributed by atoms with Gasteiger partial charge in [-0.15, -0.1) is 0 Å². The largest absolute Gasteiger partial charge is 0.507 e. The van der Waals surface area contributed by atoms with Crippen LogP contribution in [0.5, 0.6) is 34.5 Å².